The molecule has 0 bridgehead atoms. The molecule has 1 nitrogen and oxygen atoms in total. The summed E-state index contributed by atoms with van der Waals surface area (Å²) in [7, 11) is 0. The maximum Gasteiger partial charge on any atom is 0.0642 e. The van der Waals surface area contributed by atoms with E-state index in [1.54, 1.807) is 0 Å². The van der Waals surface area contributed by atoms with E-state index in [-0.39, 0.29) is 6.61 Å². The summed E-state index contributed by atoms with van der Waals surface area (Å²) in [5.41, 5.74) is 2.18. The number of hydrogen-bond donors (Lipinski definition) is 1. The van der Waals surface area contributed by atoms with E-state index in [4.69, 9.17) is 16.7 Å². The van der Waals surface area contributed by atoms with Gasteiger partial charge in [0.05, 0.1) is 6.61 Å². The van der Waals surface area contributed by atoms with E-state index < -0.39 is 0 Å². The molecule has 0 saturated carbocycles. The van der Waals surface area contributed by atoms with Crippen LogP contribution < -0.4 is 0 Å². The summed E-state index contributed by atoms with van der Waals surface area (Å²) in [6.07, 6.45) is 5.01. The lowest BCUT2D eigenvalue weighted by Gasteiger charge is -2.04. The van der Waals surface area contributed by atoms with Crippen LogP contribution in [-0.2, 0) is 0 Å². The minimum atomic E-state index is 0.0827. The highest BCUT2D eigenvalue weighted by molar-refractivity contribution is 6.31. The molecule has 0 fully saturated rings. The predicted octanol–water partition coefficient (Wildman–Crippen LogP) is 3.63. The van der Waals surface area contributed by atoms with E-state index in [1.165, 1.54) is 5.57 Å². The molecule has 1 N–H and O–H groups in total. The van der Waals surface area contributed by atoms with Crippen molar-refractivity contribution in [3.63, 3.8) is 0 Å². The van der Waals surface area contributed by atoms with Crippen LogP contribution in [0.25, 0.3) is 0 Å². The van der Waals surface area contributed by atoms with Crippen molar-refractivity contribution >= 4 is 11.6 Å². The molecule has 0 aliphatic rings. The summed E-state index contributed by atoms with van der Waals surface area (Å²) in [4.78, 5) is 0. The number of halogens is 1. The second kappa shape index (κ2) is 7.16. The molecular formula is C11H19ClO. The lowest BCUT2D eigenvalue weighted by molar-refractivity contribution is 0.331. The Balaban J connectivity index is 4.54. The zero-order chi connectivity index (χ0) is 10.3. The number of aliphatic hydroxyl groups excluding tert-OH is 1. The first-order valence-corrected chi connectivity index (χ1v) is 5.19. The monoisotopic (exact) mass is 202 g/mol. The van der Waals surface area contributed by atoms with E-state index in [2.05, 4.69) is 13.8 Å². The van der Waals surface area contributed by atoms with E-state index in [0.717, 1.165) is 29.9 Å². The summed E-state index contributed by atoms with van der Waals surface area (Å²) in [6.45, 7) is 6.21. The highest BCUT2D eigenvalue weighted by Gasteiger charge is 1.99. The van der Waals surface area contributed by atoms with Gasteiger partial charge in [-0.25, -0.2) is 0 Å². The summed E-state index contributed by atoms with van der Waals surface area (Å²) in [5.74, 6) is 0. The van der Waals surface area contributed by atoms with Crippen LogP contribution in [0.15, 0.2) is 22.3 Å². The Morgan fingerprint density at radius 2 is 2.00 bits per heavy atom. The largest absolute Gasteiger partial charge is 0.392 e. The first-order valence-electron chi connectivity index (χ1n) is 4.81. The summed E-state index contributed by atoms with van der Waals surface area (Å²) in [6, 6.07) is 0. The van der Waals surface area contributed by atoms with Gasteiger partial charge in [0.2, 0.25) is 0 Å². The maximum absolute atomic E-state index is 8.82. The third kappa shape index (κ3) is 5.12. The third-order valence-corrected chi connectivity index (χ3v) is 2.32. The molecule has 0 spiro atoms. The first-order chi connectivity index (χ1) is 6.15. The van der Waals surface area contributed by atoms with Crippen LogP contribution in [0.5, 0.6) is 0 Å². The van der Waals surface area contributed by atoms with Gasteiger partial charge in [0.25, 0.3) is 0 Å². The minimum absolute atomic E-state index is 0.0827. The molecule has 0 aliphatic carbocycles. The molecular weight excluding hydrogens is 184 g/mol. The Morgan fingerprint density at radius 3 is 2.38 bits per heavy atom. The fourth-order valence-electron chi connectivity index (χ4n) is 1.13. The molecule has 0 rings (SSSR count). The second-order valence-corrected chi connectivity index (χ2v) is 3.61. The second-order valence-electron chi connectivity index (χ2n) is 3.20. The fourth-order valence-corrected chi connectivity index (χ4v) is 1.55. The Kier molecular flexibility index (Phi) is 7.02. The summed E-state index contributed by atoms with van der Waals surface area (Å²) in [5, 5.41) is 9.62. The van der Waals surface area contributed by atoms with Gasteiger partial charge < -0.3 is 5.11 Å². The van der Waals surface area contributed by atoms with Crippen molar-refractivity contribution in [2.45, 2.75) is 40.0 Å². The highest BCUT2D eigenvalue weighted by atomic mass is 35.5. The SMILES string of the molecule is CCC/C(CC)=C(Cl)/C=C(\C)CO. The Labute approximate surface area is 86.1 Å². The van der Waals surface area contributed by atoms with Gasteiger partial charge in [-0.15, -0.1) is 0 Å². The molecule has 0 aliphatic heterocycles. The molecule has 0 amide bonds. The zero-order valence-corrected chi connectivity index (χ0v) is 9.49. The molecule has 0 unspecified atom stereocenters. The van der Waals surface area contributed by atoms with Crippen molar-refractivity contribution in [3.8, 4) is 0 Å². The van der Waals surface area contributed by atoms with Crippen molar-refractivity contribution in [2.24, 2.45) is 0 Å². The first kappa shape index (κ1) is 12.7. The van der Waals surface area contributed by atoms with Gasteiger partial charge in [0, 0.05) is 5.03 Å². The Morgan fingerprint density at radius 1 is 1.38 bits per heavy atom. The van der Waals surface area contributed by atoms with Crippen molar-refractivity contribution < 1.29 is 5.11 Å². The van der Waals surface area contributed by atoms with Gasteiger partial charge in [-0.2, -0.15) is 0 Å². The molecule has 0 aromatic carbocycles. The van der Waals surface area contributed by atoms with Crippen molar-refractivity contribution in [2.75, 3.05) is 6.61 Å². The van der Waals surface area contributed by atoms with E-state index in [0.29, 0.717) is 0 Å². The van der Waals surface area contributed by atoms with Gasteiger partial charge >= 0.3 is 0 Å². The molecule has 13 heavy (non-hydrogen) atoms. The van der Waals surface area contributed by atoms with E-state index in [9.17, 15) is 0 Å². The van der Waals surface area contributed by atoms with Crippen LogP contribution in [0.3, 0.4) is 0 Å². The quantitative estimate of drug-likeness (QED) is 0.676. The van der Waals surface area contributed by atoms with Crippen LogP contribution >= 0.6 is 11.6 Å². The molecule has 0 saturated heterocycles. The predicted molar refractivity (Wildman–Crippen MR) is 58.9 cm³/mol. The van der Waals surface area contributed by atoms with Crippen LogP contribution in [0.2, 0.25) is 0 Å². The van der Waals surface area contributed by atoms with E-state index >= 15 is 0 Å². The van der Waals surface area contributed by atoms with Crippen molar-refractivity contribution in [1.82, 2.24) is 0 Å². The van der Waals surface area contributed by atoms with Crippen LogP contribution in [-0.4, -0.2) is 11.7 Å². The standard InChI is InChI=1S/C11H19ClO/c1-4-6-10(5-2)11(12)7-9(3)8-13/h7,13H,4-6,8H2,1-3H3/b9-7+,11-10-. The van der Waals surface area contributed by atoms with Gasteiger partial charge in [0.15, 0.2) is 0 Å². The minimum Gasteiger partial charge on any atom is -0.392 e. The highest BCUT2D eigenvalue weighted by Crippen LogP contribution is 2.20. The van der Waals surface area contributed by atoms with Gasteiger partial charge in [0.1, 0.15) is 0 Å². The third-order valence-electron chi connectivity index (χ3n) is 1.94. The maximum atomic E-state index is 8.82. The van der Waals surface area contributed by atoms with Crippen LogP contribution in [0.1, 0.15) is 40.0 Å². The van der Waals surface area contributed by atoms with Crippen molar-refractivity contribution in [3.05, 3.63) is 22.3 Å². The lowest BCUT2D eigenvalue weighted by atomic mass is 10.1. The van der Waals surface area contributed by atoms with Gasteiger partial charge in [-0.05, 0) is 31.4 Å². The van der Waals surface area contributed by atoms with Crippen LogP contribution in [0.4, 0.5) is 0 Å². The number of rotatable bonds is 5. The molecule has 0 aromatic rings. The van der Waals surface area contributed by atoms with Crippen molar-refractivity contribution in [1.29, 1.82) is 0 Å². The molecule has 0 atom stereocenters. The lowest BCUT2D eigenvalue weighted by Crippen LogP contribution is -1.87. The Hall–Kier alpha value is -0.270. The van der Waals surface area contributed by atoms with Gasteiger partial charge in [-0.1, -0.05) is 37.4 Å². The average Bonchev–Trinajstić information content (AvgIpc) is 2.13. The number of aliphatic hydroxyl groups is 1. The topological polar surface area (TPSA) is 20.2 Å². The zero-order valence-electron chi connectivity index (χ0n) is 8.73. The smallest absolute Gasteiger partial charge is 0.0642 e. The average molecular weight is 203 g/mol. The summed E-state index contributed by atoms with van der Waals surface area (Å²) < 4.78 is 0. The normalized spacial score (nSPS) is 14.4. The molecule has 0 heterocycles. The number of hydrogen-bond acceptors (Lipinski definition) is 1. The van der Waals surface area contributed by atoms with E-state index in [1.807, 2.05) is 13.0 Å². The summed E-state index contributed by atoms with van der Waals surface area (Å²) >= 11 is 6.09. The Bertz CT molecular complexity index is 204. The van der Waals surface area contributed by atoms with Gasteiger partial charge in [-0.3, -0.25) is 0 Å². The molecule has 0 aromatic heterocycles. The number of allylic oxidation sites excluding steroid dienone is 3. The molecule has 2 heteroatoms. The fraction of sp³-hybridized carbons (Fsp3) is 0.636. The molecule has 0 radical (unpaired) electrons. The van der Waals surface area contributed by atoms with Crippen LogP contribution in [0, 0.1) is 0 Å². The molecule has 76 valence electrons.